The molecule has 4 fully saturated rings. The van der Waals surface area contributed by atoms with Gasteiger partial charge in [0.25, 0.3) is 0 Å². The second kappa shape index (κ2) is 9.07. The van der Waals surface area contributed by atoms with Gasteiger partial charge in [-0.3, -0.25) is 4.79 Å². The number of nitrogens with zero attached hydrogens (tertiary/aromatic N) is 3. The van der Waals surface area contributed by atoms with Gasteiger partial charge in [0.05, 0.1) is 18.5 Å². The molecule has 0 amide bonds. The SMILES string of the molecule is CC12CCC3C4CCC(O)CC4CCC3C1CCC2C(=O)Cn1nccn1.COC. The summed E-state index contributed by atoms with van der Waals surface area (Å²) in [7, 11) is 3.25. The van der Waals surface area contributed by atoms with E-state index in [0.717, 1.165) is 42.9 Å². The van der Waals surface area contributed by atoms with E-state index in [4.69, 9.17) is 0 Å². The number of carbonyl (C=O) groups is 1. The summed E-state index contributed by atoms with van der Waals surface area (Å²) >= 11 is 0. The van der Waals surface area contributed by atoms with E-state index in [1.165, 1.54) is 38.5 Å². The second-order valence-electron chi connectivity index (χ2n) is 10.5. The number of methoxy groups -OCH3 is 1. The van der Waals surface area contributed by atoms with E-state index in [-0.39, 0.29) is 17.4 Å². The van der Waals surface area contributed by atoms with Crippen molar-refractivity contribution in [2.75, 3.05) is 14.2 Å². The Morgan fingerprint density at radius 2 is 1.73 bits per heavy atom. The summed E-state index contributed by atoms with van der Waals surface area (Å²) in [6, 6.07) is 0. The predicted octanol–water partition coefficient (Wildman–Crippen LogP) is 3.74. The van der Waals surface area contributed by atoms with E-state index in [9.17, 15) is 9.90 Å². The summed E-state index contributed by atoms with van der Waals surface area (Å²) in [6.07, 6.45) is 13.9. The molecular formula is C24H39N3O3. The lowest BCUT2D eigenvalue weighted by Gasteiger charge is -2.56. The molecule has 4 saturated carbocycles. The highest BCUT2D eigenvalue weighted by Gasteiger charge is 2.58. The van der Waals surface area contributed by atoms with Crippen LogP contribution in [0, 0.1) is 40.9 Å². The van der Waals surface area contributed by atoms with Gasteiger partial charge in [0.1, 0.15) is 6.54 Å². The number of hydrogen-bond donors (Lipinski definition) is 1. The van der Waals surface area contributed by atoms with E-state index in [1.807, 2.05) is 0 Å². The molecule has 0 bridgehead atoms. The normalized spacial score (nSPS) is 42.3. The first-order chi connectivity index (χ1) is 14.5. The molecule has 0 spiro atoms. The number of rotatable bonds is 3. The van der Waals surface area contributed by atoms with Crippen molar-refractivity contribution in [2.45, 2.75) is 77.4 Å². The summed E-state index contributed by atoms with van der Waals surface area (Å²) in [5.41, 5.74) is 0.173. The van der Waals surface area contributed by atoms with Gasteiger partial charge in [-0.05, 0) is 92.8 Å². The smallest absolute Gasteiger partial charge is 0.159 e. The van der Waals surface area contributed by atoms with E-state index < -0.39 is 0 Å². The van der Waals surface area contributed by atoms with Crippen molar-refractivity contribution in [3.05, 3.63) is 12.4 Å². The minimum atomic E-state index is -0.0546. The average Bonchev–Trinajstić information content (AvgIpc) is 3.35. The lowest BCUT2D eigenvalue weighted by molar-refractivity contribution is -0.131. The number of ether oxygens (including phenoxy) is 1. The van der Waals surface area contributed by atoms with Crippen molar-refractivity contribution >= 4 is 5.78 Å². The van der Waals surface area contributed by atoms with Gasteiger partial charge in [0.15, 0.2) is 5.78 Å². The van der Waals surface area contributed by atoms with E-state index >= 15 is 0 Å². The van der Waals surface area contributed by atoms with Gasteiger partial charge in [0, 0.05) is 20.1 Å². The number of aliphatic hydroxyl groups excluding tert-OH is 1. The maximum atomic E-state index is 13.1. The van der Waals surface area contributed by atoms with E-state index in [1.54, 1.807) is 31.4 Å². The first-order valence-electron chi connectivity index (χ1n) is 11.9. The molecule has 0 aromatic carbocycles. The number of hydrogen-bond acceptors (Lipinski definition) is 5. The Kier molecular flexibility index (Phi) is 6.64. The molecule has 0 aliphatic heterocycles. The number of ketones is 1. The van der Waals surface area contributed by atoms with Crippen LogP contribution in [0.3, 0.4) is 0 Å². The summed E-state index contributed by atoms with van der Waals surface area (Å²) in [6.45, 7) is 2.74. The molecule has 4 aliphatic rings. The Bertz CT molecular complexity index is 709. The fraction of sp³-hybridized carbons (Fsp3) is 0.875. The van der Waals surface area contributed by atoms with Gasteiger partial charge in [-0.1, -0.05) is 6.92 Å². The van der Waals surface area contributed by atoms with Gasteiger partial charge >= 0.3 is 0 Å². The van der Waals surface area contributed by atoms with Gasteiger partial charge in [0.2, 0.25) is 0 Å². The van der Waals surface area contributed by atoms with E-state index in [2.05, 4.69) is 21.9 Å². The molecular weight excluding hydrogens is 378 g/mol. The number of aliphatic hydroxyl groups is 1. The fourth-order valence-corrected chi connectivity index (χ4v) is 7.93. The van der Waals surface area contributed by atoms with E-state index in [0.29, 0.717) is 18.2 Å². The van der Waals surface area contributed by atoms with Crippen molar-refractivity contribution in [1.82, 2.24) is 15.0 Å². The third-order valence-corrected chi connectivity index (χ3v) is 9.08. The molecule has 0 radical (unpaired) electrons. The number of Topliss-reactive ketones (excluding diaryl/α,β-unsaturated/α-hetero) is 1. The fourth-order valence-electron chi connectivity index (χ4n) is 7.93. The van der Waals surface area contributed by atoms with Crippen molar-refractivity contribution < 1.29 is 14.6 Å². The second-order valence-corrected chi connectivity index (χ2v) is 10.5. The monoisotopic (exact) mass is 417 g/mol. The van der Waals surface area contributed by atoms with Crippen LogP contribution >= 0.6 is 0 Å². The van der Waals surface area contributed by atoms with Gasteiger partial charge in [-0.25, -0.2) is 0 Å². The Balaban J connectivity index is 0.000000687. The lowest BCUT2D eigenvalue weighted by atomic mass is 9.49. The molecule has 1 aromatic rings. The molecule has 1 heterocycles. The summed E-state index contributed by atoms with van der Waals surface area (Å²) in [4.78, 5) is 14.6. The zero-order chi connectivity index (χ0) is 21.3. The Hall–Kier alpha value is -1.27. The number of aromatic nitrogens is 3. The Labute approximate surface area is 180 Å². The largest absolute Gasteiger partial charge is 0.393 e. The van der Waals surface area contributed by atoms with Crippen LogP contribution < -0.4 is 0 Å². The van der Waals surface area contributed by atoms with Crippen LogP contribution in [0.2, 0.25) is 0 Å². The zero-order valence-electron chi connectivity index (χ0n) is 18.9. The molecule has 30 heavy (non-hydrogen) atoms. The maximum absolute atomic E-state index is 13.1. The molecule has 8 unspecified atom stereocenters. The maximum Gasteiger partial charge on any atom is 0.159 e. The molecule has 0 saturated heterocycles. The quantitative estimate of drug-likeness (QED) is 0.811. The van der Waals surface area contributed by atoms with Gasteiger partial charge in [-0.2, -0.15) is 15.0 Å². The third kappa shape index (κ3) is 3.97. The average molecular weight is 418 g/mol. The molecule has 6 nitrogen and oxygen atoms in total. The minimum absolute atomic E-state index is 0.0546. The molecule has 5 rings (SSSR count). The summed E-state index contributed by atoms with van der Waals surface area (Å²) in [5.74, 6) is 4.47. The topological polar surface area (TPSA) is 77.2 Å². The standard InChI is InChI=1S/C22H33N3O2.C2H6O/c1-22-9-8-17-16-5-3-15(26)12-14(16)2-4-18(17)19(22)6-7-20(22)21(27)13-25-23-10-11-24-25;1-3-2/h10-11,14-20,26H,2-9,12-13H2,1H3;1-2H3. The number of fused-ring (bicyclic) bond motifs is 5. The van der Waals surface area contributed by atoms with Crippen LogP contribution in [0.1, 0.15) is 64.7 Å². The summed E-state index contributed by atoms with van der Waals surface area (Å²) in [5, 5.41) is 18.4. The van der Waals surface area contributed by atoms with Gasteiger partial charge < -0.3 is 9.84 Å². The molecule has 6 heteroatoms. The predicted molar refractivity (Wildman–Crippen MR) is 115 cm³/mol. The van der Waals surface area contributed by atoms with Crippen molar-refractivity contribution in [2.24, 2.45) is 40.9 Å². The van der Waals surface area contributed by atoms with Crippen molar-refractivity contribution in [3.63, 3.8) is 0 Å². The van der Waals surface area contributed by atoms with Crippen molar-refractivity contribution in [3.8, 4) is 0 Å². The molecule has 1 aromatic heterocycles. The van der Waals surface area contributed by atoms with Crippen LogP contribution in [0.5, 0.6) is 0 Å². The van der Waals surface area contributed by atoms with Gasteiger partial charge in [-0.15, -0.1) is 0 Å². The highest BCUT2D eigenvalue weighted by Crippen LogP contribution is 2.64. The highest BCUT2D eigenvalue weighted by atomic mass is 16.4. The van der Waals surface area contributed by atoms with Crippen LogP contribution in [0.15, 0.2) is 12.4 Å². The van der Waals surface area contributed by atoms with Crippen LogP contribution in [-0.2, 0) is 16.1 Å². The molecule has 168 valence electrons. The first-order valence-corrected chi connectivity index (χ1v) is 11.9. The minimum Gasteiger partial charge on any atom is -0.393 e. The Morgan fingerprint density at radius 1 is 1.03 bits per heavy atom. The lowest BCUT2D eigenvalue weighted by Crippen LogP contribution is -2.50. The molecule has 1 N–H and O–H groups in total. The highest BCUT2D eigenvalue weighted by molar-refractivity contribution is 5.81. The van der Waals surface area contributed by atoms with Crippen molar-refractivity contribution in [1.29, 1.82) is 0 Å². The zero-order valence-corrected chi connectivity index (χ0v) is 18.9. The van der Waals surface area contributed by atoms with Crippen LogP contribution in [0.4, 0.5) is 0 Å². The molecule has 4 aliphatic carbocycles. The van der Waals surface area contributed by atoms with Crippen LogP contribution in [0.25, 0.3) is 0 Å². The molecule has 8 atom stereocenters. The first kappa shape index (κ1) is 21.9. The Morgan fingerprint density at radius 3 is 2.47 bits per heavy atom. The number of carbonyl (C=O) groups excluding carboxylic acids is 1. The third-order valence-electron chi connectivity index (χ3n) is 9.08. The van der Waals surface area contributed by atoms with Crippen LogP contribution in [-0.4, -0.2) is 46.2 Å². The summed E-state index contributed by atoms with van der Waals surface area (Å²) < 4.78 is 4.25.